The Morgan fingerprint density at radius 3 is 2.77 bits per heavy atom. The minimum atomic E-state index is -1.43. The first-order valence-electron chi connectivity index (χ1n) is 7.91. The Labute approximate surface area is 154 Å². The Morgan fingerprint density at radius 1 is 1.23 bits per heavy atom. The van der Waals surface area contributed by atoms with E-state index in [9.17, 15) is 4.39 Å². The summed E-state index contributed by atoms with van der Waals surface area (Å²) in [6.45, 7) is 1.88. The molecule has 0 spiro atoms. The first-order chi connectivity index (χ1) is 12.4. The van der Waals surface area contributed by atoms with Gasteiger partial charge in [-0.2, -0.15) is 0 Å². The molecule has 6 nitrogen and oxygen atoms in total. The second-order valence-corrected chi connectivity index (χ2v) is 6.48. The van der Waals surface area contributed by atoms with Crippen LogP contribution in [0.15, 0.2) is 53.5 Å². The largest absolute Gasteiger partial charge is 0.384 e. The van der Waals surface area contributed by atoms with Gasteiger partial charge in [0.2, 0.25) is 5.79 Å². The molecule has 1 unspecified atom stereocenters. The minimum absolute atomic E-state index is 0.0114. The number of para-hydroxylation sites is 2. The molecule has 1 aliphatic heterocycles. The number of nitrogens with zero attached hydrogens (tertiary/aromatic N) is 3. The van der Waals surface area contributed by atoms with Crippen LogP contribution >= 0.6 is 11.6 Å². The number of hydrogen-bond acceptors (Lipinski definition) is 5. The van der Waals surface area contributed by atoms with E-state index >= 15 is 0 Å². The number of amidine groups is 1. The van der Waals surface area contributed by atoms with E-state index in [1.165, 1.54) is 12.1 Å². The van der Waals surface area contributed by atoms with Crippen LogP contribution in [0.4, 0.5) is 4.39 Å². The highest BCUT2D eigenvalue weighted by atomic mass is 35.5. The van der Waals surface area contributed by atoms with Crippen molar-refractivity contribution in [2.24, 2.45) is 16.5 Å². The third-order valence-electron chi connectivity index (χ3n) is 4.24. The maximum atomic E-state index is 13.9. The van der Waals surface area contributed by atoms with Crippen molar-refractivity contribution >= 4 is 34.3 Å². The maximum absolute atomic E-state index is 13.9. The van der Waals surface area contributed by atoms with Gasteiger partial charge in [0, 0.05) is 11.6 Å². The number of benzene rings is 2. The van der Waals surface area contributed by atoms with Crippen LogP contribution in [0.1, 0.15) is 11.4 Å². The molecule has 0 saturated carbocycles. The van der Waals surface area contributed by atoms with Gasteiger partial charge >= 0.3 is 0 Å². The van der Waals surface area contributed by atoms with Gasteiger partial charge in [-0.15, -0.1) is 0 Å². The molecule has 0 amide bonds. The van der Waals surface area contributed by atoms with Gasteiger partial charge in [0.25, 0.3) is 0 Å². The highest BCUT2D eigenvalue weighted by Crippen LogP contribution is 2.28. The quantitative estimate of drug-likeness (QED) is 0.646. The molecule has 5 N–H and O–H groups in total. The predicted octanol–water partition coefficient (Wildman–Crippen LogP) is 2.67. The average Bonchev–Trinajstić information content (AvgIpc) is 2.92. The Morgan fingerprint density at radius 2 is 2.00 bits per heavy atom. The maximum Gasteiger partial charge on any atom is 0.212 e. The number of aryl methyl sites for hydroxylation is 1. The van der Waals surface area contributed by atoms with Crippen LogP contribution in [0.25, 0.3) is 16.9 Å². The van der Waals surface area contributed by atoms with Crippen molar-refractivity contribution in [3.05, 3.63) is 70.8 Å². The minimum Gasteiger partial charge on any atom is -0.384 e. The van der Waals surface area contributed by atoms with Crippen LogP contribution in [-0.2, 0) is 5.79 Å². The summed E-state index contributed by atoms with van der Waals surface area (Å²) in [5.41, 5.74) is 14.6. The summed E-state index contributed by atoms with van der Waals surface area (Å²) < 4.78 is 15.8. The summed E-state index contributed by atoms with van der Waals surface area (Å²) >= 11 is 5.77. The van der Waals surface area contributed by atoms with Gasteiger partial charge in [-0.05, 0) is 31.2 Å². The van der Waals surface area contributed by atoms with Crippen molar-refractivity contribution in [2.75, 3.05) is 0 Å². The molecule has 1 aliphatic rings. The van der Waals surface area contributed by atoms with Crippen LogP contribution in [0.2, 0.25) is 5.02 Å². The summed E-state index contributed by atoms with van der Waals surface area (Å²) in [6.07, 6.45) is 1.67. The smallest absolute Gasteiger partial charge is 0.212 e. The molecule has 0 bridgehead atoms. The molecule has 2 heterocycles. The number of nitrogens with two attached hydrogens (primary N) is 2. The van der Waals surface area contributed by atoms with E-state index in [-0.39, 0.29) is 10.9 Å². The van der Waals surface area contributed by atoms with E-state index in [1.54, 1.807) is 12.1 Å². The van der Waals surface area contributed by atoms with Gasteiger partial charge in [0.05, 0.1) is 16.1 Å². The van der Waals surface area contributed by atoms with Crippen LogP contribution in [0.5, 0.6) is 0 Å². The Hall–Kier alpha value is -2.90. The van der Waals surface area contributed by atoms with Crippen molar-refractivity contribution in [1.29, 1.82) is 0 Å². The third kappa shape index (κ3) is 2.61. The summed E-state index contributed by atoms with van der Waals surface area (Å²) in [5.74, 6) is -0.443. The standard InChI is InChI=1S/C18H16ClFN6/c1-10-23-14-4-2-3-5-15(14)26(10)17-9-16(21)24-18(22,25-17)11-6-7-12(19)13(20)8-11/h2-9,25H,22H2,1H3,(H2,21,24). The van der Waals surface area contributed by atoms with Gasteiger partial charge in [-0.1, -0.05) is 29.8 Å². The number of aromatic nitrogens is 2. The van der Waals surface area contributed by atoms with Crippen LogP contribution in [0, 0.1) is 12.7 Å². The number of imidazole rings is 1. The molecule has 2 aromatic carbocycles. The van der Waals surface area contributed by atoms with Gasteiger partial charge in [0.15, 0.2) is 0 Å². The first-order valence-corrected chi connectivity index (χ1v) is 8.29. The first kappa shape index (κ1) is 16.6. The summed E-state index contributed by atoms with van der Waals surface area (Å²) in [5, 5.41) is 3.15. The predicted molar refractivity (Wildman–Crippen MR) is 101 cm³/mol. The molecule has 132 valence electrons. The monoisotopic (exact) mass is 370 g/mol. The zero-order valence-corrected chi connectivity index (χ0v) is 14.6. The average molecular weight is 371 g/mol. The number of halogens is 2. The normalized spacial score (nSPS) is 19.8. The van der Waals surface area contributed by atoms with E-state index in [4.69, 9.17) is 23.1 Å². The highest BCUT2D eigenvalue weighted by Gasteiger charge is 2.32. The van der Waals surface area contributed by atoms with Crippen LogP contribution in [-0.4, -0.2) is 15.4 Å². The Balaban J connectivity index is 1.83. The zero-order valence-electron chi connectivity index (χ0n) is 13.9. The number of fused-ring (bicyclic) bond motifs is 1. The summed E-state index contributed by atoms with van der Waals surface area (Å²) in [6, 6.07) is 12.0. The number of aliphatic imine (C=N–C) groups is 1. The van der Waals surface area contributed by atoms with Crippen LogP contribution in [0.3, 0.4) is 0 Å². The van der Waals surface area contributed by atoms with Gasteiger partial charge in [-0.25, -0.2) is 14.4 Å². The summed E-state index contributed by atoms with van der Waals surface area (Å²) in [4.78, 5) is 8.81. The number of hydrogen-bond donors (Lipinski definition) is 3. The molecule has 26 heavy (non-hydrogen) atoms. The lowest BCUT2D eigenvalue weighted by Crippen LogP contribution is -2.52. The van der Waals surface area contributed by atoms with Gasteiger partial charge in [0.1, 0.15) is 23.3 Å². The molecule has 3 aromatic rings. The fraction of sp³-hybridized carbons (Fsp3) is 0.111. The molecule has 1 atom stereocenters. The van der Waals surface area contributed by atoms with Crippen molar-refractivity contribution in [3.63, 3.8) is 0 Å². The molecule has 0 radical (unpaired) electrons. The SMILES string of the molecule is Cc1nc2ccccc2n1C1=CC(N)=NC(N)(c2ccc(Cl)c(F)c2)N1. The molecule has 0 fully saturated rings. The van der Waals surface area contributed by atoms with E-state index in [0.717, 1.165) is 16.9 Å². The lowest BCUT2D eigenvalue weighted by molar-refractivity contribution is 0.408. The van der Waals surface area contributed by atoms with Crippen molar-refractivity contribution in [3.8, 4) is 0 Å². The van der Waals surface area contributed by atoms with Crippen molar-refractivity contribution in [1.82, 2.24) is 14.9 Å². The van der Waals surface area contributed by atoms with E-state index in [1.807, 2.05) is 35.8 Å². The van der Waals surface area contributed by atoms with Gasteiger partial charge < -0.3 is 11.1 Å². The van der Waals surface area contributed by atoms with Crippen molar-refractivity contribution < 1.29 is 4.39 Å². The highest BCUT2D eigenvalue weighted by molar-refractivity contribution is 6.30. The van der Waals surface area contributed by atoms with E-state index in [0.29, 0.717) is 11.4 Å². The summed E-state index contributed by atoms with van der Waals surface area (Å²) in [7, 11) is 0. The van der Waals surface area contributed by atoms with E-state index < -0.39 is 11.6 Å². The lowest BCUT2D eigenvalue weighted by atomic mass is 10.1. The Bertz CT molecular complexity index is 1090. The van der Waals surface area contributed by atoms with Crippen LogP contribution < -0.4 is 16.8 Å². The molecule has 4 rings (SSSR count). The fourth-order valence-corrected chi connectivity index (χ4v) is 3.19. The second-order valence-electron chi connectivity index (χ2n) is 6.07. The topological polar surface area (TPSA) is 94.2 Å². The van der Waals surface area contributed by atoms with Gasteiger partial charge in [-0.3, -0.25) is 10.3 Å². The Kier molecular flexibility index (Phi) is 3.71. The lowest BCUT2D eigenvalue weighted by Gasteiger charge is -2.33. The van der Waals surface area contributed by atoms with Crippen molar-refractivity contribution in [2.45, 2.75) is 12.7 Å². The molecule has 1 aromatic heterocycles. The zero-order chi connectivity index (χ0) is 18.5. The fourth-order valence-electron chi connectivity index (χ4n) is 3.08. The molecule has 0 aliphatic carbocycles. The number of rotatable bonds is 2. The second kappa shape index (κ2) is 5.82. The molecule has 0 saturated heterocycles. The van der Waals surface area contributed by atoms with E-state index in [2.05, 4.69) is 15.3 Å². The molecular formula is C18H16ClFN6. The third-order valence-corrected chi connectivity index (χ3v) is 4.54. The molecule has 8 heteroatoms. The number of nitrogens with one attached hydrogen (secondary N) is 1. The molecular weight excluding hydrogens is 355 g/mol.